The molecule has 0 aliphatic heterocycles. The van der Waals surface area contributed by atoms with Gasteiger partial charge in [-0.05, 0) is 12.8 Å². The van der Waals surface area contributed by atoms with Crippen molar-refractivity contribution in [1.82, 2.24) is 20.3 Å². The fourth-order valence-corrected chi connectivity index (χ4v) is 2.00. The van der Waals surface area contributed by atoms with Gasteiger partial charge in [-0.2, -0.15) is 0 Å². The molecule has 1 fully saturated rings. The zero-order chi connectivity index (χ0) is 11.4. The molecule has 1 heterocycles. The highest BCUT2D eigenvalue weighted by molar-refractivity contribution is 5.75. The predicted octanol–water partition coefficient (Wildman–Crippen LogP) is -0.204. The van der Waals surface area contributed by atoms with Crippen molar-refractivity contribution < 1.29 is 4.79 Å². The van der Waals surface area contributed by atoms with E-state index in [1.165, 1.54) is 17.5 Å². The number of carbonyl (C=O) groups is 1. The molecule has 1 aromatic heterocycles. The summed E-state index contributed by atoms with van der Waals surface area (Å²) in [6, 6.07) is 0.352. The zero-order valence-corrected chi connectivity index (χ0v) is 9.22. The molecule has 0 radical (unpaired) electrons. The van der Waals surface area contributed by atoms with Crippen molar-refractivity contribution in [1.29, 1.82) is 0 Å². The molecule has 6 nitrogen and oxygen atoms in total. The number of rotatable bonds is 4. The van der Waals surface area contributed by atoms with E-state index in [4.69, 9.17) is 5.73 Å². The van der Waals surface area contributed by atoms with Gasteiger partial charge in [0.15, 0.2) is 0 Å². The quantitative estimate of drug-likeness (QED) is 0.740. The van der Waals surface area contributed by atoms with Gasteiger partial charge in [-0.3, -0.25) is 4.79 Å². The van der Waals surface area contributed by atoms with Crippen LogP contribution in [0.1, 0.15) is 31.4 Å². The second kappa shape index (κ2) is 5.07. The highest BCUT2D eigenvalue weighted by Gasteiger charge is 2.17. The Bertz CT molecular complexity index is 356. The number of nitrogens with zero attached hydrogens (tertiary/aromatic N) is 3. The SMILES string of the molecule is NCc1cn(CC(=O)NC2CCCC2)nn1. The Balaban J connectivity index is 1.81. The van der Waals surface area contributed by atoms with Crippen LogP contribution >= 0.6 is 0 Å². The van der Waals surface area contributed by atoms with E-state index in [2.05, 4.69) is 15.6 Å². The van der Waals surface area contributed by atoms with Crippen molar-refractivity contribution in [3.05, 3.63) is 11.9 Å². The summed E-state index contributed by atoms with van der Waals surface area (Å²) >= 11 is 0. The minimum atomic E-state index is 0.000344. The lowest BCUT2D eigenvalue weighted by molar-refractivity contribution is -0.122. The maximum Gasteiger partial charge on any atom is 0.242 e. The summed E-state index contributed by atoms with van der Waals surface area (Å²) in [4.78, 5) is 11.6. The van der Waals surface area contributed by atoms with Crippen LogP contribution in [0.2, 0.25) is 0 Å². The minimum Gasteiger partial charge on any atom is -0.352 e. The highest BCUT2D eigenvalue weighted by atomic mass is 16.2. The molecule has 2 rings (SSSR count). The predicted molar refractivity (Wildman–Crippen MR) is 58.3 cm³/mol. The third-order valence-corrected chi connectivity index (χ3v) is 2.82. The Morgan fingerprint density at radius 3 is 2.94 bits per heavy atom. The molecule has 0 saturated heterocycles. The van der Waals surface area contributed by atoms with E-state index in [1.54, 1.807) is 6.20 Å². The molecule has 1 saturated carbocycles. The number of carbonyl (C=O) groups excluding carboxylic acids is 1. The fraction of sp³-hybridized carbons (Fsp3) is 0.700. The molecule has 1 aliphatic carbocycles. The van der Waals surface area contributed by atoms with E-state index in [0.29, 0.717) is 18.3 Å². The molecule has 0 aromatic carbocycles. The molecule has 1 amide bonds. The second-order valence-electron chi connectivity index (χ2n) is 4.16. The molecule has 16 heavy (non-hydrogen) atoms. The first-order valence-electron chi connectivity index (χ1n) is 5.66. The molecule has 1 aromatic rings. The Morgan fingerprint density at radius 2 is 2.31 bits per heavy atom. The first-order valence-corrected chi connectivity index (χ1v) is 5.66. The molecular formula is C10H17N5O. The molecule has 0 bridgehead atoms. The molecule has 88 valence electrons. The van der Waals surface area contributed by atoms with Crippen LogP contribution in [0.4, 0.5) is 0 Å². The summed E-state index contributed by atoms with van der Waals surface area (Å²) in [5, 5.41) is 10.7. The van der Waals surface area contributed by atoms with Gasteiger partial charge in [0.25, 0.3) is 0 Å². The summed E-state index contributed by atoms with van der Waals surface area (Å²) in [7, 11) is 0. The highest BCUT2D eigenvalue weighted by Crippen LogP contribution is 2.17. The van der Waals surface area contributed by atoms with Gasteiger partial charge in [0, 0.05) is 12.6 Å². The van der Waals surface area contributed by atoms with Gasteiger partial charge in [-0.15, -0.1) is 5.10 Å². The van der Waals surface area contributed by atoms with Crippen molar-refractivity contribution in [3.8, 4) is 0 Å². The Hall–Kier alpha value is -1.43. The normalized spacial score (nSPS) is 16.6. The van der Waals surface area contributed by atoms with Crippen molar-refractivity contribution in [3.63, 3.8) is 0 Å². The van der Waals surface area contributed by atoms with E-state index in [9.17, 15) is 4.79 Å². The maximum absolute atomic E-state index is 11.6. The van der Waals surface area contributed by atoms with Crippen LogP contribution in [-0.2, 0) is 17.9 Å². The van der Waals surface area contributed by atoms with Gasteiger partial charge < -0.3 is 11.1 Å². The zero-order valence-electron chi connectivity index (χ0n) is 9.22. The first kappa shape index (κ1) is 11.1. The van der Waals surface area contributed by atoms with E-state index in [0.717, 1.165) is 12.8 Å². The van der Waals surface area contributed by atoms with Gasteiger partial charge in [-0.25, -0.2) is 4.68 Å². The fourth-order valence-electron chi connectivity index (χ4n) is 2.00. The second-order valence-corrected chi connectivity index (χ2v) is 4.16. The largest absolute Gasteiger partial charge is 0.352 e. The number of hydrogen-bond acceptors (Lipinski definition) is 4. The van der Waals surface area contributed by atoms with Crippen LogP contribution in [0.5, 0.6) is 0 Å². The molecule has 0 atom stereocenters. The van der Waals surface area contributed by atoms with Crippen LogP contribution in [0.3, 0.4) is 0 Å². The molecule has 0 spiro atoms. The molecule has 0 unspecified atom stereocenters. The minimum absolute atomic E-state index is 0.000344. The van der Waals surface area contributed by atoms with E-state index in [-0.39, 0.29) is 12.5 Å². The van der Waals surface area contributed by atoms with Crippen molar-refractivity contribution in [2.75, 3.05) is 0 Å². The van der Waals surface area contributed by atoms with Gasteiger partial charge in [0.05, 0.1) is 11.9 Å². The third-order valence-electron chi connectivity index (χ3n) is 2.82. The smallest absolute Gasteiger partial charge is 0.242 e. The van der Waals surface area contributed by atoms with Crippen LogP contribution in [-0.4, -0.2) is 26.9 Å². The van der Waals surface area contributed by atoms with E-state index in [1.807, 2.05) is 0 Å². The van der Waals surface area contributed by atoms with Crippen molar-refractivity contribution in [2.45, 2.75) is 44.8 Å². The van der Waals surface area contributed by atoms with Crippen molar-refractivity contribution in [2.24, 2.45) is 5.73 Å². The van der Waals surface area contributed by atoms with Gasteiger partial charge >= 0.3 is 0 Å². The summed E-state index contributed by atoms with van der Waals surface area (Å²) < 4.78 is 1.52. The number of nitrogens with one attached hydrogen (secondary N) is 1. The van der Waals surface area contributed by atoms with Crippen molar-refractivity contribution >= 4 is 5.91 Å². The monoisotopic (exact) mass is 223 g/mol. The standard InChI is InChI=1S/C10H17N5O/c11-5-9-6-15(14-13-9)7-10(16)12-8-3-1-2-4-8/h6,8H,1-5,7,11H2,(H,12,16). The van der Waals surface area contributed by atoms with Crippen LogP contribution in [0.15, 0.2) is 6.20 Å². The number of nitrogens with two attached hydrogens (primary N) is 1. The summed E-state index contributed by atoms with van der Waals surface area (Å²) in [5.74, 6) is 0.000344. The lowest BCUT2D eigenvalue weighted by Gasteiger charge is -2.11. The Labute approximate surface area is 94.2 Å². The third kappa shape index (κ3) is 2.79. The van der Waals surface area contributed by atoms with Gasteiger partial charge in [0.2, 0.25) is 5.91 Å². The van der Waals surface area contributed by atoms with E-state index >= 15 is 0 Å². The summed E-state index contributed by atoms with van der Waals surface area (Å²) in [5.41, 5.74) is 6.11. The first-order chi connectivity index (χ1) is 7.78. The maximum atomic E-state index is 11.6. The molecule has 3 N–H and O–H groups in total. The number of amides is 1. The lowest BCUT2D eigenvalue weighted by Crippen LogP contribution is -2.35. The number of hydrogen-bond donors (Lipinski definition) is 2. The topological polar surface area (TPSA) is 85.8 Å². The van der Waals surface area contributed by atoms with Crippen LogP contribution in [0.25, 0.3) is 0 Å². The average Bonchev–Trinajstić information content (AvgIpc) is 2.89. The van der Waals surface area contributed by atoms with Crippen LogP contribution in [0, 0.1) is 0 Å². The van der Waals surface area contributed by atoms with Gasteiger partial charge in [-0.1, -0.05) is 18.1 Å². The average molecular weight is 223 g/mol. The molecule has 6 heteroatoms. The number of aromatic nitrogens is 3. The van der Waals surface area contributed by atoms with E-state index < -0.39 is 0 Å². The van der Waals surface area contributed by atoms with Crippen LogP contribution < -0.4 is 11.1 Å². The lowest BCUT2D eigenvalue weighted by atomic mass is 10.2. The Kier molecular flexibility index (Phi) is 3.51. The molecule has 1 aliphatic rings. The Morgan fingerprint density at radius 1 is 1.56 bits per heavy atom. The summed E-state index contributed by atoms with van der Waals surface area (Å²) in [6.07, 6.45) is 6.32. The summed E-state index contributed by atoms with van der Waals surface area (Å²) in [6.45, 7) is 0.577. The van der Waals surface area contributed by atoms with Gasteiger partial charge in [0.1, 0.15) is 6.54 Å². The molecular weight excluding hydrogens is 206 g/mol.